The van der Waals surface area contributed by atoms with Crippen LogP contribution in [-0.4, -0.2) is 0 Å². The summed E-state index contributed by atoms with van der Waals surface area (Å²) in [7, 11) is 0. The number of nitrogens with one attached hydrogen (secondary N) is 1. The molecule has 0 aliphatic rings. The molecule has 12 heavy (non-hydrogen) atoms. The first kappa shape index (κ1) is 9.81. The average molecular weight is 205 g/mol. The van der Waals surface area contributed by atoms with Gasteiger partial charge in [0.2, 0.25) is 0 Å². The minimum Gasteiger partial charge on any atom is -0.271 e. The summed E-state index contributed by atoms with van der Waals surface area (Å²) >= 11 is 11.6. The Morgan fingerprint density at radius 3 is 2.50 bits per heavy atom. The first-order chi connectivity index (χ1) is 5.65. The van der Waals surface area contributed by atoms with Gasteiger partial charge in [0.15, 0.2) is 0 Å². The summed E-state index contributed by atoms with van der Waals surface area (Å²) in [4.78, 5) is 0. The van der Waals surface area contributed by atoms with Crippen molar-refractivity contribution in [2.75, 3.05) is 0 Å². The molecule has 0 spiro atoms. The maximum absolute atomic E-state index is 5.81. The molecule has 0 aliphatic carbocycles. The van der Waals surface area contributed by atoms with E-state index in [1.54, 1.807) is 12.1 Å². The van der Waals surface area contributed by atoms with Crippen LogP contribution in [0, 0.1) is 0 Å². The number of hydrazine groups is 1. The first-order valence-electron chi connectivity index (χ1n) is 3.56. The lowest BCUT2D eigenvalue weighted by Gasteiger charge is -2.10. The third-order valence-corrected chi connectivity index (χ3v) is 2.43. The molecule has 0 unspecified atom stereocenters. The lowest BCUT2D eigenvalue weighted by atomic mass is 10.1. The summed E-state index contributed by atoms with van der Waals surface area (Å²) in [6.45, 7) is 1.94. The summed E-state index contributed by atoms with van der Waals surface area (Å²) in [5.74, 6) is 5.27. The van der Waals surface area contributed by atoms with E-state index in [9.17, 15) is 0 Å². The van der Waals surface area contributed by atoms with Crippen molar-refractivity contribution in [2.45, 2.75) is 13.0 Å². The van der Waals surface area contributed by atoms with Gasteiger partial charge in [-0.1, -0.05) is 29.3 Å². The summed E-state index contributed by atoms with van der Waals surface area (Å²) in [6, 6.07) is 5.53. The molecule has 0 amide bonds. The van der Waals surface area contributed by atoms with E-state index in [1.165, 1.54) is 0 Å². The molecule has 4 heteroatoms. The number of halogens is 2. The van der Waals surface area contributed by atoms with Gasteiger partial charge >= 0.3 is 0 Å². The van der Waals surface area contributed by atoms with Crippen molar-refractivity contribution in [3.8, 4) is 0 Å². The highest BCUT2D eigenvalue weighted by molar-refractivity contribution is 6.42. The monoisotopic (exact) mass is 204 g/mol. The largest absolute Gasteiger partial charge is 0.271 e. The van der Waals surface area contributed by atoms with E-state index in [0.29, 0.717) is 10.0 Å². The van der Waals surface area contributed by atoms with Crippen molar-refractivity contribution in [3.05, 3.63) is 33.8 Å². The molecule has 0 aliphatic heterocycles. The normalized spacial score (nSPS) is 13.0. The Morgan fingerprint density at radius 2 is 2.00 bits per heavy atom. The molecular formula is C8H10Cl2N2. The third kappa shape index (κ3) is 2.11. The van der Waals surface area contributed by atoms with Crippen molar-refractivity contribution < 1.29 is 0 Å². The minimum absolute atomic E-state index is 0.0831. The average Bonchev–Trinajstić information content (AvgIpc) is 2.08. The Kier molecular flexibility index (Phi) is 3.35. The van der Waals surface area contributed by atoms with Gasteiger partial charge in [-0.15, -0.1) is 0 Å². The fourth-order valence-electron chi connectivity index (χ4n) is 0.878. The Labute approximate surface area is 81.6 Å². The Hall–Kier alpha value is -0.280. The fourth-order valence-corrected chi connectivity index (χ4v) is 1.18. The lowest BCUT2D eigenvalue weighted by Crippen LogP contribution is -2.25. The van der Waals surface area contributed by atoms with Crippen LogP contribution in [0.5, 0.6) is 0 Å². The smallest absolute Gasteiger partial charge is 0.0595 e. The summed E-state index contributed by atoms with van der Waals surface area (Å²) in [5.41, 5.74) is 3.65. The molecule has 0 saturated heterocycles. The highest BCUT2D eigenvalue weighted by atomic mass is 35.5. The van der Waals surface area contributed by atoms with Crippen LogP contribution in [0.25, 0.3) is 0 Å². The summed E-state index contributed by atoms with van der Waals surface area (Å²) < 4.78 is 0. The van der Waals surface area contributed by atoms with Gasteiger partial charge < -0.3 is 0 Å². The molecule has 1 aromatic rings. The van der Waals surface area contributed by atoms with Crippen LogP contribution in [0.3, 0.4) is 0 Å². The molecule has 0 heterocycles. The quantitative estimate of drug-likeness (QED) is 0.575. The second-order valence-corrected chi connectivity index (χ2v) is 3.38. The van der Waals surface area contributed by atoms with E-state index in [4.69, 9.17) is 29.0 Å². The standard InChI is InChI=1S/C8H10Cl2N2/c1-5(12-11)6-2-3-7(9)8(10)4-6/h2-5,12H,11H2,1H3/t5-/m1/s1. The molecule has 66 valence electrons. The molecule has 2 nitrogen and oxygen atoms in total. The number of benzene rings is 1. The molecule has 1 rings (SSSR count). The topological polar surface area (TPSA) is 38.0 Å². The van der Waals surface area contributed by atoms with E-state index in [-0.39, 0.29) is 6.04 Å². The predicted octanol–water partition coefficient (Wildman–Crippen LogP) is 2.52. The predicted molar refractivity (Wildman–Crippen MR) is 52.2 cm³/mol. The van der Waals surface area contributed by atoms with Gasteiger partial charge in [-0.25, -0.2) is 0 Å². The molecule has 0 radical (unpaired) electrons. The van der Waals surface area contributed by atoms with Crippen LogP contribution in [0.4, 0.5) is 0 Å². The Morgan fingerprint density at radius 1 is 1.33 bits per heavy atom. The van der Waals surface area contributed by atoms with E-state index in [1.807, 2.05) is 13.0 Å². The van der Waals surface area contributed by atoms with E-state index in [0.717, 1.165) is 5.56 Å². The van der Waals surface area contributed by atoms with Crippen LogP contribution in [-0.2, 0) is 0 Å². The van der Waals surface area contributed by atoms with Gasteiger partial charge in [-0.3, -0.25) is 11.3 Å². The zero-order valence-electron chi connectivity index (χ0n) is 6.64. The van der Waals surface area contributed by atoms with E-state index < -0.39 is 0 Å². The Bertz CT molecular complexity index is 276. The highest BCUT2D eigenvalue weighted by Crippen LogP contribution is 2.24. The maximum Gasteiger partial charge on any atom is 0.0595 e. The zero-order chi connectivity index (χ0) is 9.14. The Balaban J connectivity index is 2.96. The number of rotatable bonds is 2. The highest BCUT2D eigenvalue weighted by Gasteiger charge is 2.04. The molecular weight excluding hydrogens is 195 g/mol. The second-order valence-electron chi connectivity index (χ2n) is 2.56. The van der Waals surface area contributed by atoms with Crippen LogP contribution in [0.1, 0.15) is 18.5 Å². The van der Waals surface area contributed by atoms with Gasteiger partial charge in [0.05, 0.1) is 10.0 Å². The third-order valence-electron chi connectivity index (χ3n) is 1.69. The number of nitrogens with two attached hydrogens (primary N) is 1. The fraction of sp³-hybridized carbons (Fsp3) is 0.250. The van der Waals surface area contributed by atoms with E-state index in [2.05, 4.69) is 5.43 Å². The van der Waals surface area contributed by atoms with Crippen molar-refractivity contribution in [2.24, 2.45) is 5.84 Å². The maximum atomic E-state index is 5.81. The van der Waals surface area contributed by atoms with Crippen LogP contribution in [0.2, 0.25) is 10.0 Å². The van der Waals surface area contributed by atoms with Gasteiger partial charge in [0.1, 0.15) is 0 Å². The summed E-state index contributed by atoms with van der Waals surface area (Å²) in [5, 5.41) is 1.11. The van der Waals surface area contributed by atoms with Gasteiger partial charge in [0.25, 0.3) is 0 Å². The van der Waals surface area contributed by atoms with Gasteiger partial charge in [-0.05, 0) is 24.6 Å². The lowest BCUT2D eigenvalue weighted by molar-refractivity contribution is 0.602. The molecule has 1 aromatic carbocycles. The molecule has 0 bridgehead atoms. The van der Waals surface area contributed by atoms with Crippen LogP contribution >= 0.6 is 23.2 Å². The molecule has 1 atom stereocenters. The van der Waals surface area contributed by atoms with Crippen molar-refractivity contribution >= 4 is 23.2 Å². The minimum atomic E-state index is 0.0831. The number of hydrogen-bond donors (Lipinski definition) is 2. The molecule has 0 saturated carbocycles. The molecule has 3 N–H and O–H groups in total. The van der Waals surface area contributed by atoms with Crippen LogP contribution in [0.15, 0.2) is 18.2 Å². The molecule has 0 fully saturated rings. The zero-order valence-corrected chi connectivity index (χ0v) is 8.15. The van der Waals surface area contributed by atoms with Gasteiger partial charge in [-0.2, -0.15) is 0 Å². The van der Waals surface area contributed by atoms with Crippen molar-refractivity contribution in [1.29, 1.82) is 0 Å². The van der Waals surface area contributed by atoms with Crippen molar-refractivity contribution in [3.63, 3.8) is 0 Å². The van der Waals surface area contributed by atoms with E-state index >= 15 is 0 Å². The first-order valence-corrected chi connectivity index (χ1v) is 4.32. The SMILES string of the molecule is C[C@@H](NN)c1ccc(Cl)c(Cl)c1. The van der Waals surface area contributed by atoms with Crippen molar-refractivity contribution in [1.82, 2.24) is 5.43 Å². The van der Waals surface area contributed by atoms with Gasteiger partial charge in [0, 0.05) is 6.04 Å². The van der Waals surface area contributed by atoms with Crippen LogP contribution < -0.4 is 11.3 Å². The summed E-state index contributed by atoms with van der Waals surface area (Å²) in [6.07, 6.45) is 0. The second kappa shape index (κ2) is 4.10. The number of hydrogen-bond acceptors (Lipinski definition) is 2. The molecule has 0 aromatic heterocycles.